The Bertz CT molecular complexity index is 3230. The summed E-state index contributed by atoms with van der Waals surface area (Å²) in [5.41, 5.74) is 12.5. The van der Waals surface area contributed by atoms with E-state index in [1.807, 2.05) is 6.20 Å². The van der Waals surface area contributed by atoms with Crippen molar-refractivity contribution in [3.05, 3.63) is 182 Å². The van der Waals surface area contributed by atoms with E-state index in [2.05, 4.69) is 217 Å². The maximum atomic E-state index is 6.94. The third-order valence-electron chi connectivity index (χ3n) is 12.0. The first-order chi connectivity index (χ1) is 28.8. The molecule has 0 aliphatic carbocycles. The smallest absolute Gasteiger partial charge is 0.139 e. The van der Waals surface area contributed by atoms with Crippen LogP contribution in [0.3, 0.4) is 0 Å². The molecule has 0 unspecified atom stereocenters. The molecule has 11 rings (SSSR count). The molecule has 0 saturated heterocycles. The largest absolute Gasteiger partial charge is 0.457 e. The number of ether oxygens (including phenoxy) is 1. The molecule has 286 valence electrons. The van der Waals surface area contributed by atoms with Crippen LogP contribution in [0.1, 0.15) is 26.3 Å². The van der Waals surface area contributed by atoms with Crippen LogP contribution in [0.25, 0.3) is 60.6 Å². The molecule has 7 aromatic carbocycles. The fraction of sp³-hybridized carbons (Fsp3) is 0.113. The second kappa shape index (κ2) is 13.4. The number of hydrogen-bond acceptors (Lipinski definition) is 4. The zero-order valence-corrected chi connectivity index (χ0v) is 33.6. The monoisotopic (exact) mass is 765 g/mol. The predicted molar refractivity (Wildman–Crippen MR) is 245 cm³/mol. The molecule has 0 atom stereocenters. The summed E-state index contributed by atoms with van der Waals surface area (Å²) < 4.78 is 11.5. The lowest BCUT2D eigenvalue weighted by Gasteiger charge is -2.26. The Labute approximate surface area is 343 Å². The summed E-state index contributed by atoms with van der Waals surface area (Å²) in [6.07, 6.45) is 2.02. The van der Waals surface area contributed by atoms with Crippen molar-refractivity contribution < 1.29 is 4.74 Å². The average molecular weight is 766 g/mol. The van der Waals surface area contributed by atoms with Crippen LogP contribution in [-0.4, -0.2) is 20.8 Å². The van der Waals surface area contributed by atoms with E-state index in [4.69, 9.17) is 9.72 Å². The molecule has 6 heteroatoms. The number of aromatic nitrogens is 3. The highest BCUT2D eigenvalue weighted by Crippen LogP contribution is 2.48. The minimum atomic E-state index is -0.116. The van der Waals surface area contributed by atoms with Crippen molar-refractivity contribution in [1.82, 2.24) is 14.1 Å². The highest BCUT2D eigenvalue weighted by molar-refractivity contribution is 6.11. The normalized spacial score (nSPS) is 12.9. The summed E-state index contributed by atoms with van der Waals surface area (Å²) in [6, 6.07) is 60.6. The molecule has 1 aliphatic heterocycles. The van der Waals surface area contributed by atoms with Crippen LogP contribution < -0.4 is 14.5 Å². The Kier molecular flexibility index (Phi) is 7.92. The fourth-order valence-corrected chi connectivity index (χ4v) is 8.91. The van der Waals surface area contributed by atoms with Gasteiger partial charge < -0.3 is 19.1 Å². The number of para-hydroxylation sites is 3. The SMILES string of the molecule is Cn1c2ccccc2c2cnc(-n3c4ccccc4c4ccc(Oc5cc(N6CN(c7ccccc7)c7cc(-c8ccccc8)ccc76)cc(C(C)(C)C)c5)cc43)cc21. The first-order valence-corrected chi connectivity index (χ1v) is 20.3. The molecule has 4 heterocycles. The van der Waals surface area contributed by atoms with Gasteiger partial charge in [0.25, 0.3) is 0 Å². The van der Waals surface area contributed by atoms with E-state index in [1.54, 1.807) is 0 Å². The van der Waals surface area contributed by atoms with E-state index in [-0.39, 0.29) is 5.41 Å². The number of pyridine rings is 1. The first kappa shape index (κ1) is 34.9. The Morgan fingerprint density at radius 2 is 1.17 bits per heavy atom. The van der Waals surface area contributed by atoms with Crippen LogP contribution in [0.5, 0.6) is 11.5 Å². The van der Waals surface area contributed by atoms with Crippen molar-refractivity contribution in [3.63, 3.8) is 0 Å². The molecule has 0 amide bonds. The molecule has 59 heavy (non-hydrogen) atoms. The zero-order valence-electron chi connectivity index (χ0n) is 33.6. The Balaban J connectivity index is 1.02. The van der Waals surface area contributed by atoms with E-state index in [0.717, 1.165) is 61.7 Å². The lowest BCUT2D eigenvalue weighted by Crippen LogP contribution is -2.24. The van der Waals surface area contributed by atoms with Crippen molar-refractivity contribution in [2.45, 2.75) is 26.2 Å². The van der Waals surface area contributed by atoms with Crippen LogP contribution in [-0.2, 0) is 12.5 Å². The molecule has 6 nitrogen and oxygen atoms in total. The Hall–Kier alpha value is -7.31. The molecular weight excluding hydrogens is 723 g/mol. The second-order valence-corrected chi connectivity index (χ2v) is 16.6. The molecule has 0 radical (unpaired) electrons. The van der Waals surface area contributed by atoms with E-state index in [0.29, 0.717) is 6.67 Å². The number of nitrogens with zero attached hydrogens (tertiary/aromatic N) is 5. The number of hydrogen-bond donors (Lipinski definition) is 0. The summed E-state index contributed by atoms with van der Waals surface area (Å²) in [4.78, 5) is 9.91. The fourth-order valence-electron chi connectivity index (χ4n) is 8.91. The summed E-state index contributed by atoms with van der Waals surface area (Å²) in [7, 11) is 2.13. The van der Waals surface area contributed by atoms with E-state index in [9.17, 15) is 0 Å². The molecule has 0 N–H and O–H groups in total. The van der Waals surface area contributed by atoms with E-state index < -0.39 is 0 Å². The van der Waals surface area contributed by atoms with E-state index >= 15 is 0 Å². The summed E-state index contributed by atoms with van der Waals surface area (Å²) in [6.45, 7) is 7.46. The van der Waals surface area contributed by atoms with Gasteiger partial charge in [-0.05, 0) is 82.8 Å². The molecule has 0 fully saturated rings. The van der Waals surface area contributed by atoms with Crippen LogP contribution >= 0.6 is 0 Å². The number of rotatable bonds is 6. The molecule has 1 aliphatic rings. The highest BCUT2D eigenvalue weighted by atomic mass is 16.5. The third-order valence-corrected chi connectivity index (χ3v) is 12.0. The summed E-state index contributed by atoms with van der Waals surface area (Å²) in [5, 5.41) is 4.69. The van der Waals surface area contributed by atoms with Crippen molar-refractivity contribution >= 4 is 66.4 Å². The van der Waals surface area contributed by atoms with Gasteiger partial charge in [-0.25, -0.2) is 4.98 Å². The van der Waals surface area contributed by atoms with Gasteiger partial charge >= 0.3 is 0 Å². The Morgan fingerprint density at radius 3 is 1.95 bits per heavy atom. The summed E-state index contributed by atoms with van der Waals surface area (Å²) in [5.74, 6) is 2.43. The number of fused-ring (bicyclic) bond motifs is 7. The van der Waals surface area contributed by atoms with Gasteiger partial charge in [0.15, 0.2) is 0 Å². The number of anilines is 4. The second-order valence-electron chi connectivity index (χ2n) is 16.6. The number of benzene rings is 7. The molecule has 0 saturated carbocycles. The van der Waals surface area contributed by atoms with Crippen LogP contribution in [0.2, 0.25) is 0 Å². The van der Waals surface area contributed by atoms with Gasteiger partial charge in [-0.3, -0.25) is 4.57 Å². The van der Waals surface area contributed by atoms with E-state index in [1.165, 1.54) is 38.7 Å². The van der Waals surface area contributed by atoms with Crippen molar-refractivity contribution in [3.8, 4) is 28.4 Å². The average Bonchev–Trinajstić information content (AvgIpc) is 3.91. The lowest BCUT2D eigenvalue weighted by molar-refractivity contribution is 0.479. The minimum Gasteiger partial charge on any atom is -0.457 e. The van der Waals surface area contributed by atoms with Gasteiger partial charge in [0.05, 0.1) is 27.9 Å². The van der Waals surface area contributed by atoms with Crippen LogP contribution in [0.15, 0.2) is 176 Å². The molecule has 0 bridgehead atoms. The first-order valence-electron chi connectivity index (χ1n) is 20.3. The number of aryl methyl sites for hydroxylation is 1. The quantitative estimate of drug-likeness (QED) is 0.169. The Morgan fingerprint density at radius 1 is 0.492 bits per heavy atom. The molecule has 10 aromatic rings. The topological polar surface area (TPSA) is 38.5 Å². The summed E-state index contributed by atoms with van der Waals surface area (Å²) >= 11 is 0. The molecular formula is C53H43N5O. The molecule has 3 aromatic heterocycles. The molecule has 0 spiro atoms. The highest BCUT2D eigenvalue weighted by Gasteiger charge is 2.30. The van der Waals surface area contributed by atoms with Gasteiger partial charge in [-0.1, -0.05) is 112 Å². The third kappa shape index (κ3) is 5.82. The van der Waals surface area contributed by atoms with Gasteiger partial charge in [-0.2, -0.15) is 0 Å². The van der Waals surface area contributed by atoms with Gasteiger partial charge in [0, 0.05) is 69.9 Å². The van der Waals surface area contributed by atoms with Gasteiger partial charge in [0.1, 0.15) is 24.0 Å². The predicted octanol–water partition coefficient (Wildman–Crippen LogP) is 13.8. The van der Waals surface area contributed by atoms with Gasteiger partial charge in [-0.15, -0.1) is 0 Å². The standard InChI is InChI=1S/C53H43N5O/c1-53(2,3)37-28-39(57-34-56(38-17-9-6-10-18-38)51-27-36(23-26-48(51)57)35-15-7-5-8-16-35)30-41(29-37)59-40-24-25-44-42-19-12-14-22-47(42)58(50(44)31-40)52-32-49-45(33-54-52)43-20-11-13-21-46(43)55(49)4/h5-33H,34H2,1-4H3. The van der Waals surface area contributed by atoms with Crippen molar-refractivity contribution in [1.29, 1.82) is 0 Å². The van der Waals surface area contributed by atoms with Crippen molar-refractivity contribution in [2.75, 3.05) is 16.5 Å². The lowest BCUT2D eigenvalue weighted by atomic mass is 9.86. The van der Waals surface area contributed by atoms with Crippen LogP contribution in [0.4, 0.5) is 22.7 Å². The van der Waals surface area contributed by atoms with Crippen molar-refractivity contribution in [2.24, 2.45) is 7.05 Å². The van der Waals surface area contributed by atoms with Crippen LogP contribution in [0, 0.1) is 0 Å². The maximum absolute atomic E-state index is 6.94. The van der Waals surface area contributed by atoms with Gasteiger partial charge in [0.2, 0.25) is 0 Å². The minimum absolute atomic E-state index is 0.116. The maximum Gasteiger partial charge on any atom is 0.139 e. The zero-order chi connectivity index (χ0) is 39.8.